The fourth-order valence-corrected chi connectivity index (χ4v) is 2.45. The van der Waals surface area contributed by atoms with Crippen LogP contribution in [0.1, 0.15) is 31.9 Å². The molecule has 0 saturated heterocycles. The van der Waals surface area contributed by atoms with Crippen molar-refractivity contribution in [2.75, 3.05) is 26.9 Å². The minimum atomic E-state index is -0.0192. The number of fused-ring (bicyclic) bond motifs is 1. The molecule has 1 unspecified atom stereocenters. The Morgan fingerprint density at radius 3 is 3.00 bits per heavy atom. The zero-order valence-electron chi connectivity index (χ0n) is 13.1. The third kappa shape index (κ3) is 4.36. The summed E-state index contributed by atoms with van der Waals surface area (Å²) in [5.74, 6) is 1.40. The van der Waals surface area contributed by atoms with E-state index in [2.05, 4.69) is 30.2 Å². The molecule has 1 aromatic rings. The van der Waals surface area contributed by atoms with Crippen molar-refractivity contribution in [3.63, 3.8) is 0 Å². The molecule has 3 N–H and O–H groups in total. The molecule has 5 nitrogen and oxygen atoms in total. The van der Waals surface area contributed by atoms with Gasteiger partial charge in [0.15, 0.2) is 5.96 Å². The maximum atomic E-state index is 6.02. The van der Waals surface area contributed by atoms with E-state index in [1.807, 2.05) is 18.2 Å². The summed E-state index contributed by atoms with van der Waals surface area (Å²) < 4.78 is 10.8. The number of rotatable bonds is 5. The Hall–Kier alpha value is -1.75. The van der Waals surface area contributed by atoms with Crippen molar-refractivity contribution in [1.29, 1.82) is 0 Å². The van der Waals surface area contributed by atoms with E-state index < -0.39 is 0 Å². The average Bonchev–Trinajstić information content (AvgIpc) is 2.46. The van der Waals surface area contributed by atoms with E-state index in [4.69, 9.17) is 15.2 Å². The van der Waals surface area contributed by atoms with E-state index in [1.165, 1.54) is 0 Å². The van der Waals surface area contributed by atoms with Gasteiger partial charge >= 0.3 is 0 Å². The Bertz CT molecular complexity index is 500. The molecule has 2 rings (SSSR count). The molecule has 0 amide bonds. The van der Waals surface area contributed by atoms with Crippen molar-refractivity contribution >= 4 is 5.96 Å². The highest BCUT2D eigenvalue weighted by molar-refractivity contribution is 5.78. The summed E-state index contributed by atoms with van der Waals surface area (Å²) in [4.78, 5) is 4.44. The second kappa shape index (κ2) is 6.80. The first-order valence-corrected chi connectivity index (χ1v) is 7.29. The number of aliphatic imine (C=N–C) groups is 1. The van der Waals surface area contributed by atoms with Crippen molar-refractivity contribution < 1.29 is 9.47 Å². The lowest BCUT2D eigenvalue weighted by atomic mass is 9.95. The van der Waals surface area contributed by atoms with Gasteiger partial charge in [0.2, 0.25) is 0 Å². The molecule has 0 bridgehead atoms. The first kappa shape index (κ1) is 15.6. The lowest BCUT2D eigenvalue weighted by Crippen LogP contribution is -2.38. The molecule has 0 aromatic heterocycles. The Kier molecular flexibility index (Phi) is 5.07. The molecule has 1 heterocycles. The largest absolute Gasteiger partial charge is 0.493 e. The average molecular weight is 291 g/mol. The molecule has 0 saturated carbocycles. The van der Waals surface area contributed by atoms with Crippen LogP contribution >= 0.6 is 0 Å². The summed E-state index contributed by atoms with van der Waals surface area (Å²) in [5, 5.41) is 3.30. The number of methoxy groups -OCH3 is 1. The van der Waals surface area contributed by atoms with Crippen molar-refractivity contribution in [3.8, 4) is 5.75 Å². The number of nitrogens with two attached hydrogens (primary N) is 1. The summed E-state index contributed by atoms with van der Waals surface area (Å²) in [7, 11) is 1.70. The van der Waals surface area contributed by atoms with Crippen LogP contribution in [0.3, 0.4) is 0 Å². The first-order chi connectivity index (χ1) is 10.0. The molecule has 1 aliphatic heterocycles. The molecule has 5 heteroatoms. The minimum Gasteiger partial charge on any atom is -0.493 e. The summed E-state index contributed by atoms with van der Waals surface area (Å²) in [6.45, 7) is 6.19. The first-order valence-electron chi connectivity index (χ1n) is 7.29. The second-order valence-electron chi connectivity index (χ2n) is 6.17. The summed E-state index contributed by atoms with van der Waals surface area (Å²) in [6, 6.07) is 8.19. The molecule has 1 aromatic carbocycles. The minimum absolute atomic E-state index is 0.0192. The van der Waals surface area contributed by atoms with Gasteiger partial charge in [0.05, 0.1) is 25.8 Å². The van der Waals surface area contributed by atoms with Gasteiger partial charge in [0.25, 0.3) is 0 Å². The van der Waals surface area contributed by atoms with E-state index in [0.29, 0.717) is 25.7 Å². The molecular weight excluding hydrogens is 266 g/mol. The predicted molar refractivity (Wildman–Crippen MR) is 84.6 cm³/mol. The quantitative estimate of drug-likeness (QED) is 0.644. The van der Waals surface area contributed by atoms with Gasteiger partial charge in [-0.3, -0.25) is 4.99 Å². The third-order valence-corrected chi connectivity index (χ3v) is 3.49. The number of hydrogen-bond acceptors (Lipinski definition) is 3. The predicted octanol–water partition coefficient (Wildman–Crippen LogP) is 2.09. The number of nitrogens with zero attached hydrogens (tertiary/aromatic N) is 1. The molecule has 116 valence electrons. The van der Waals surface area contributed by atoms with Crippen LogP contribution in [0.5, 0.6) is 5.75 Å². The van der Waals surface area contributed by atoms with Crippen LogP contribution in [-0.4, -0.2) is 32.8 Å². The SMILES string of the molecule is COCC(C)(C)CN=C(N)NC1CCOc2ccccc21. The van der Waals surface area contributed by atoms with Crippen LogP contribution in [0.2, 0.25) is 0 Å². The molecule has 0 radical (unpaired) electrons. The van der Waals surface area contributed by atoms with E-state index in [0.717, 1.165) is 17.7 Å². The van der Waals surface area contributed by atoms with Crippen LogP contribution < -0.4 is 15.8 Å². The summed E-state index contributed by atoms with van der Waals surface area (Å²) in [5.41, 5.74) is 7.14. The number of hydrogen-bond donors (Lipinski definition) is 2. The van der Waals surface area contributed by atoms with Gasteiger partial charge in [-0.1, -0.05) is 32.0 Å². The Morgan fingerprint density at radius 2 is 2.24 bits per heavy atom. The van der Waals surface area contributed by atoms with Gasteiger partial charge in [-0.25, -0.2) is 0 Å². The monoisotopic (exact) mass is 291 g/mol. The number of para-hydroxylation sites is 1. The van der Waals surface area contributed by atoms with Gasteiger partial charge < -0.3 is 20.5 Å². The zero-order valence-corrected chi connectivity index (χ0v) is 13.1. The Labute approximate surface area is 126 Å². The number of nitrogens with one attached hydrogen (secondary N) is 1. The topological polar surface area (TPSA) is 68.9 Å². The maximum Gasteiger partial charge on any atom is 0.189 e. The fraction of sp³-hybridized carbons (Fsp3) is 0.562. The van der Waals surface area contributed by atoms with Gasteiger partial charge in [-0.05, 0) is 6.07 Å². The van der Waals surface area contributed by atoms with E-state index >= 15 is 0 Å². The van der Waals surface area contributed by atoms with Crippen LogP contribution in [0.25, 0.3) is 0 Å². The third-order valence-electron chi connectivity index (χ3n) is 3.49. The Morgan fingerprint density at radius 1 is 1.48 bits per heavy atom. The highest BCUT2D eigenvalue weighted by Gasteiger charge is 2.22. The highest BCUT2D eigenvalue weighted by Crippen LogP contribution is 2.31. The highest BCUT2D eigenvalue weighted by atomic mass is 16.5. The smallest absolute Gasteiger partial charge is 0.189 e. The summed E-state index contributed by atoms with van der Waals surface area (Å²) >= 11 is 0. The fourth-order valence-electron chi connectivity index (χ4n) is 2.45. The lowest BCUT2D eigenvalue weighted by Gasteiger charge is -2.27. The second-order valence-corrected chi connectivity index (χ2v) is 6.17. The van der Waals surface area contributed by atoms with Gasteiger partial charge in [-0.2, -0.15) is 0 Å². The van der Waals surface area contributed by atoms with Gasteiger partial charge in [0.1, 0.15) is 5.75 Å². The molecule has 21 heavy (non-hydrogen) atoms. The van der Waals surface area contributed by atoms with Crippen molar-refractivity contribution in [2.45, 2.75) is 26.3 Å². The van der Waals surface area contributed by atoms with Gasteiger partial charge in [0, 0.05) is 24.5 Å². The molecular formula is C16H25N3O2. The summed E-state index contributed by atoms with van der Waals surface area (Å²) in [6.07, 6.45) is 0.884. The molecule has 0 fully saturated rings. The van der Waals surface area contributed by atoms with Crippen LogP contribution in [0.15, 0.2) is 29.3 Å². The molecule has 0 spiro atoms. The van der Waals surface area contributed by atoms with Crippen molar-refractivity contribution in [2.24, 2.45) is 16.1 Å². The molecule has 0 aliphatic carbocycles. The van der Waals surface area contributed by atoms with E-state index in [-0.39, 0.29) is 11.5 Å². The van der Waals surface area contributed by atoms with Crippen molar-refractivity contribution in [1.82, 2.24) is 5.32 Å². The van der Waals surface area contributed by atoms with Crippen LogP contribution in [0.4, 0.5) is 0 Å². The number of benzene rings is 1. The van der Waals surface area contributed by atoms with Crippen LogP contribution in [-0.2, 0) is 4.74 Å². The van der Waals surface area contributed by atoms with E-state index in [1.54, 1.807) is 7.11 Å². The zero-order chi connectivity index (χ0) is 15.3. The number of guanidine groups is 1. The standard InChI is InChI=1S/C16H25N3O2/c1-16(2,11-20-3)10-18-15(17)19-13-8-9-21-14-7-5-4-6-12(13)14/h4-7,13H,8-11H2,1-3H3,(H3,17,18,19). The normalized spacial score (nSPS) is 18.8. The van der Waals surface area contributed by atoms with Gasteiger partial charge in [-0.15, -0.1) is 0 Å². The van der Waals surface area contributed by atoms with Crippen LogP contribution in [0, 0.1) is 5.41 Å². The Balaban J connectivity index is 1.99. The lowest BCUT2D eigenvalue weighted by molar-refractivity contribution is 0.110. The molecule has 1 atom stereocenters. The maximum absolute atomic E-state index is 6.02. The number of ether oxygens (including phenoxy) is 2. The van der Waals surface area contributed by atoms with E-state index in [9.17, 15) is 0 Å². The molecule has 1 aliphatic rings. The van der Waals surface area contributed by atoms with Crippen molar-refractivity contribution in [3.05, 3.63) is 29.8 Å².